The van der Waals surface area contributed by atoms with Crippen LogP contribution >= 0.6 is 0 Å². The van der Waals surface area contributed by atoms with E-state index in [2.05, 4.69) is 12.2 Å². The van der Waals surface area contributed by atoms with E-state index in [0.717, 1.165) is 31.0 Å². The van der Waals surface area contributed by atoms with E-state index in [-0.39, 0.29) is 17.3 Å². The molecule has 5 nitrogen and oxygen atoms in total. The van der Waals surface area contributed by atoms with Gasteiger partial charge in [-0.15, -0.1) is 0 Å². The molecular formula is C14H17FN2O3. The Morgan fingerprint density at radius 2 is 2.10 bits per heavy atom. The fourth-order valence-corrected chi connectivity index (χ4v) is 2.62. The van der Waals surface area contributed by atoms with Crippen molar-refractivity contribution in [2.75, 3.05) is 0 Å². The molecule has 0 aromatic heterocycles. The summed E-state index contributed by atoms with van der Waals surface area (Å²) in [6, 6.07) is 2.98. The van der Waals surface area contributed by atoms with Gasteiger partial charge in [-0.25, -0.2) is 4.39 Å². The van der Waals surface area contributed by atoms with Crippen molar-refractivity contribution >= 4 is 11.6 Å². The molecule has 2 rings (SSSR count). The largest absolute Gasteiger partial charge is 0.349 e. The van der Waals surface area contributed by atoms with E-state index in [1.165, 1.54) is 0 Å². The number of non-ortho nitro benzene ring substituents is 1. The lowest BCUT2D eigenvalue weighted by molar-refractivity contribution is -0.384. The number of amides is 1. The molecule has 1 aliphatic carbocycles. The summed E-state index contributed by atoms with van der Waals surface area (Å²) in [4.78, 5) is 22.1. The number of carbonyl (C=O) groups excluding carboxylic acids is 1. The van der Waals surface area contributed by atoms with Crippen LogP contribution in [0.5, 0.6) is 0 Å². The standard InChI is InChI=1S/C14H17FN2O3/c1-8-3-6-13(9(8)2)16-14(18)11-7-10(17(19)20)4-5-12(11)15/h4-5,7-9,13H,3,6H2,1-2H3,(H,16,18). The first-order valence-corrected chi connectivity index (χ1v) is 6.65. The summed E-state index contributed by atoms with van der Waals surface area (Å²) in [6.45, 7) is 4.16. The molecular weight excluding hydrogens is 263 g/mol. The van der Waals surface area contributed by atoms with Gasteiger partial charge in [0.2, 0.25) is 0 Å². The van der Waals surface area contributed by atoms with Crippen molar-refractivity contribution in [3.05, 3.63) is 39.7 Å². The van der Waals surface area contributed by atoms with Crippen molar-refractivity contribution < 1.29 is 14.1 Å². The molecule has 0 radical (unpaired) electrons. The summed E-state index contributed by atoms with van der Waals surface area (Å²) < 4.78 is 13.6. The van der Waals surface area contributed by atoms with Gasteiger partial charge in [-0.05, 0) is 30.7 Å². The SMILES string of the molecule is CC1CCC(NC(=O)c2cc([N+](=O)[O-])ccc2F)C1C. The van der Waals surface area contributed by atoms with Gasteiger partial charge in [0.05, 0.1) is 10.5 Å². The Hall–Kier alpha value is -1.98. The minimum atomic E-state index is -0.744. The molecule has 108 valence electrons. The molecule has 0 heterocycles. The molecule has 1 aromatic carbocycles. The molecule has 0 spiro atoms. The van der Waals surface area contributed by atoms with Gasteiger partial charge < -0.3 is 5.32 Å². The summed E-state index contributed by atoms with van der Waals surface area (Å²) >= 11 is 0. The summed E-state index contributed by atoms with van der Waals surface area (Å²) in [7, 11) is 0. The normalized spacial score (nSPS) is 25.4. The van der Waals surface area contributed by atoms with E-state index in [1.807, 2.05) is 6.92 Å². The Balaban J connectivity index is 2.17. The zero-order valence-electron chi connectivity index (χ0n) is 11.4. The van der Waals surface area contributed by atoms with Gasteiger partial charge in [0.15, 0.2) is 0 Å². The Labute approximate surface area is 116 Å². The van der Waals surface area contributed by atoms with E-state index < -0.39 is 16.6 Å². The zero-order valence-corrected chi connectivity index (χ0v) is 11.4. The molecule has 1 aromatic rings. The number of nitrogens with zero attached hydrogens (tertiary/aromatic N) is 1. The number of benzene rings is 1. The molecule has 1 amide bonds. The molecule has 1 fully saturated rings. The number of nitrogens with one attached hydrogen (secondary N) is 1. The van der Waals surface area contributed by atoms with Crippen LogP contribution in [0.4, 0.5) is 10.1 Å². The number of rotatable bonds is 3. The predicted molar refractivity (Wildman–Crippen MR) is 71.9 cm³/mol. The topological polar surface area (TPSA) is 72.2 Å². The van der Waals surface area contributed by atoms with Crippen LogP contribution < -0.4 is 5.32 Å². The maximum absolute atomic E-state index is 13.6. The van der Waals surface area contributed by atoms with Crippen LogP contribution in [0.1, 0.15) is 37.0 Å². The van der Waals surface area contributed by atoms with Gasteiger partial charge in [0, 0.05) is 18.2 Å². The zero-order chi connectivity index (χ0) is 14.9. The lowest BCUT2D eigenvalue weighted by Gasteiger charge is -2.19. The molecule has 3 unspecified atom stereocenters. The van der Waals surface area contributed by atoms with Crippen LogP contribution in [-0.2, 0) is 0 Å². The van der Waals surface area contributed by atoms with Crippen LogP contribution in [0, 0.1) is 27.8 Å². The van der Waals surface area contributed by atoms with E-state index in [4.69, 9.17) is 0 Å². The van der Waals surface area contributed by atoms with Gasteiger partial charge >= 0.3 is 0 Å². The second-order valence-electron chi connectivity index (χ2n) is 5.41. The number of nitro benzene ring substituents is 1. The summed E-state index contributed by atoms with van der Waals surface area (Å²) in [5.74, 6) is -0.500. The van der Waals surface area contributed by atoms with E-state index in [1.54, 1.807) is 0 Å². The maximum Gasteiger partial charge on any atom is 0.270 e. The number of nitro groups is 1. The van der Waals surface area contributed by atoms with Gasteiger partial charge in [-0.3, -0.25) is 14.9 Å². The lowest BCUT2D eigenvalue weighted by atomic mass is 9.97. The van der Waals surface area contributed by atoms with Crippen LogP contribution in [0.2, 0.25) is 0 Å². The third kappa shape index (κ3) is 2.79. The molecule has 0 bridgehead atoms. The van der Waals surface area contributed by atoms with Crippen LogP contribution in [-0.4, -0.2) is 16.9 Å². The number of hydrogen-bond acceptors (Lipinski definition) is 3. The Bertz CT molecular complexity index is 547. The molecule has 1 N–H and O–H groups in total. The molecule has 1 aliphatic rings. The molecule has 20 heavy (non-hydrogen) atoms. The summed E-state index contributed by atoms with van der Waals surface area (Å²) in [5.41, 5.74) is -0.560. The van der Waals surface area contributed by atoms with Crippen molar-refractivity contribution in [1.29, 1.82) is 0 Å². The third-order valence-corrected chi connectivity index (χ3v) is 4.19. The van der Waals surface area contributed by atoms with E-state index in [0.29, 0.717) is 11.8 Å². The van der Waals surface area contributed by atoms with E-state index in [9.17, 15) is 19.3 Å². The van der Waals surface area contributed by atoms with Gasteiger partial charge in [-0.2, -0.15) is 0 Å². The van der Waals surface area contributed by atoms with Gasteiger partial charge in [0.1, 0.15) is 5.82 Å². The van der Waals surface area contributed by atoms with Crippen molar-refractivity contribution in [3.63, 3.8) is 0 Å². The monoisotopic (exact) mass is 280 g/mol. The van der Waals surface area contributed by atoms with Crippen LogP contribution in [0.15, 0.2) is 18.2 Å². The first kappa shape index (κ1) is 14.4. The molecule has 0 aliphatic heterocycles. The lowest BCUT2D eigenvalue weighted by Crippen LogP contribution is -2.37. The van der Waals surface area contributed by atoms with Crippen LogP contribution in [0.25, 0.3) is 0 Å². The van der Waals surface area contributed by atoms with Gasteiger partial charge in [-0.1, -0.05) is 13.8 Å². The Morgan fingerprint density at radius 1 is 1.40 bits per heavy atom. The number of halogens is 1. The highest BCUT2D eigenvalue weighted by Gasteiger charge is 2.31. The molecule has 3 atom stereocenters. The molecule has 6 heteroatoms. The minimum absolute atomic E-state index is 0.00355. The Morgan fingerprint density at radius 3 is 2.65 bits per heavy atom. The van der Waals surface area contributed by atoms with E-state index >= 15 is 0 Å². The fourth-order valence-electron chi connectivity index (χ4n) is 2.62. The minimum Gasteiger partial charge on any atom is -0.349 e. The summed E-state index contributed by atoms with van der Waals surface area (Å²) in [5, 5.41) is 13.5. The average molecular weight is 280 g/mol. The first-order chi connectivity index (χ1) is 9.40. The highest BCUT2D eigenvalue weighted by atomic mass is 19.1. The first-order valence-electron chi connectivity index (χ1n) is 6.65. The van der Waals surface area contributed by atoms with Crippen molar-refractivity contribution in [1.82, 2.24) is 5.32 Å². The summed E-state index contributed by atoms with van der Waals surface area (Å²) in [6.07, 6.45) is 1.87. The van der Waals surface area contributed by atoms with Gasteiger partial charge in [0.25, 0.3) is 11.6 Å². The Kier molecular flexibility index (Phi) is 4.01. The highest BCUT2D eigenvalue weighted by molar-refractivity contribution is 5.95. The van der Waals surface area contributed by atoms with Crippen LogP contribution in [0.3, 0.4) is 0 Å². The third-order valence-electron chi connectivity index (χ3n) is 4.19. The molecule has 1 saturated carbocycles. The predicted octanol–water partition coefficient (Wildman–Crippen LogP) is 2.90. The van der Waals surface area contributed by atoms with Crippen molar-refractivity contribution in [2.45, 2.75) is 32.7 Å². The maximum atomic E-state index is 13.6. The average Bonchev–Trinajstić information content (AvgIpc) is 2.71. The fraction of sp³-hybridized carbons (Fsp3) is 0.500. The highest BCUT2D eigenvalue weighted by Crippen LogP contribution is 2.31. The number of hydrogen-bond donors (Lipinski definition) is 1. The molecule has 0 saturated heterocycles. The second kappa shape index (κ2) is 5.56. The quantitative estimate of drug-likeness (QED) is 0.683. The van der Waals surface area contributed by atoms with Crippen molar-refractivity contribution in [3.8, 4) is 0 Å². The number of carbonyl (C=O) groups is 1. The smallest absolute Gasteiger partial charge is 0.270 e. The second-order valence-corrected chi connectivity index (χ2v) is 5.41. The van der Waals surface area contributed by atoms with Crippen molar-refractivity contribution in [2.24, 2.45) is 11.8 Å².